The van der Waals surface area contributed by atoms with Crippen LogP contribution in [0, 0.1) is 12.7 Å². The molecule has 5 rings (SSSR count). The van der Waals surface area contributed by atoms with Gasteiger partial charge in [-0.25, -0.2) is 9.37 Å². The maximum atomic E-state index is 13.8. The summed E-state index contributed by atoms with van der Waals surface area (Å²) in [5.74, 6) is -0.260. The van der Waals surface area contributed by atoms with Gasteiger partial charge in [0.1, 0.15) is 12.5 Å². The average molecular weight is 471 g/mol. The van der Waals surface area contributed by atoms with Crippen molar-refractivity contribution in [3.63, 3.8) is 0 Å². The van der Waals surface area contributed by atoms with Crippen molar-refractivity contribution >= 4 is 23.0 Å². The fraction of sp³-hybridized carbons (Fsp3) is 0.280. The lowest BCUT2D eigenvalue weighted by atomic mass is 10.0. The zero-order valence-electron chi connectivity index (χ0n) is 18.5. The topological polar surface area (TPSA) is 45.7 Å². The van der Waals surface area contributed by atoms with Crippen LogP contribution in [0.25, 0.3) is 0 Å². The summed E-state index contributed by atoms with van der Waals surface area (Å²) in [6.45, 7) is 1.63. The number of hydrogen-bond donors (Lipinski definition) is 0. The van der Waals surface area contributed by atoms with Crippen molar-refractivity contribution in [3.8, 4) is 5.88 Å². The third kappa shape index (κ3) is 3.85. The molecule has 2 heterocycles. The molecular weight excluding hydrogens is 450 g/mol. The Morgan fingerprint density at radius 2 is 1.71 bits per heavy atom. The maximum Gasteiger partial charge on any atom is 0.416 e. The lowest BCUT2D eigenvalue weighted by Gasteiger charge is -2.39. The highest BCUT2D eigenvalue weighted by Gasteiger charge is 2.39. The molecule has 1 aliphatic carbocycles. The zero-order valence-corrected chi connectivity index (χ0v) is 18.5. The summed E-state index contributed by atoms with van der Waals surface area (Å²) >= 11 is 0. The van der Waals surface area contributed by atoms with Gasteiger partial charge < -0.3 is 9.64 Å². The minimum atomic E-state index is -4.57. The van der Waals surface area contributed by atoms with E-state index in [1.807, 2.05) is 0 Å². The molecule has 3 aromatic rings. The van der Waals surface area contributed by atoms with Crippen LogP contribution in [0.1, 0.15) is 45.9 Å². The van der Waals surface area contributed by atoms with Gasteiger partial charge in [0.15, 0.2) is 0 Å². The lowest BCUT2D eigenvalue weighted by molar-refractivity contribution is -0.137. The Labute approximate surface area is 193 Å². The molecule has 0 spiro atoms. The van der Waals surface area contributed by atoms with Crippen LogP contribution < -0.4 is 14.5 Å². The van der Waals surface area contributed by atoms with E-state index in [0.717, 1.165) is 30.7 Å². The summed E-state index contributed by atoms with van der Waals surface area (Å²) in [5.41, 5.74) is 1.74. The van der Waals surface area contributed by atoms with Crippen molar-refractivity contribution in [2.24, 2.45) is 0 Å². The minimum absolute atomic E-state index is 0.0483. The molecule has 1 aliphatic heterocycles. The van der Waals surface area contributed by atoms with Gasteiger partial charge in [-0.2, -0.15) is 13.2 Å². The maximum absolute atomic E-state index is 13.8. The number of carbonyl (C=O) groups excluding carboxylic acids is 1. The third-order valence-corrected chi connectivity index (χ3v) is 6.16. The molecule has 0 atom stereocenters. The highest BCUT2D eigenvalue weighted by molar-refractivity contribution is 6.13. The molecule has 0 bridgehead atoms. The van der Waals surface area contributed by atoms with Crippen molar-refractivity contribution in [2.45, 2.75) is 31.9 Å². The van der Waals surface area contributed by atoms with Gasteiger partial charge in [-0.15, -0.1) is 0 Å². The Morgan fingerprint density at radius 3 is 2.35 bits per heavy atom. The molecule has 1 saturated carbocycles. The van der Waals surface area contributed by atoms with Crippen LogP contribution in [0.3, 0.4) is 0 Å². The minimum Gasteiger partial charge on any atom is -0.481 e. The standard InChI is InChI=1S/C25H21F4N3O2/c1-14-11-17(26)6-8-19(14)31-13-32(20-9-10-22(34-2)30-23(20)15-3-4-15)24(33)18-7-5-16(12-21(18)31)25(27,28)29/h5-12,15H,3-4,13H2,1-2H3. The molecule has 0 unspecified atom stereocenters. The second kappa shape index (κ2) is 8.00. The molecule has 1 fully saturated rings. The Kier molecular flexibility index (Phi) is 5.22. The third-order valence-electron chi connectivity index (χ3n) is 6.16. The number of methoxy groups -OCH3 is 1. The van der Waals surface area contributed by atoms with Crippen LogP contribution in [0.4, 0.5) is 34.6 Å². The number of aromatic nitrogens is 1. The zero-order chi connectivity index (χ0) is 24.2. The van der Waals surface area contributed by atoms with Gasteiger partial charge >= 0.3 is 6.18 Å². The predicted octanol–water partition coefficient (Wildman–Crippen LogP) is 6.19. The second-order valence-corrected chi connectivity index (χ2v) is 8.50. The summed E-state index contributed by atoms with van der Waals surface area (Å²) < 4.78 is 59.5. The molecule has 34 heavy (non-hydrogen) atoms. The van der Waals surface area contributed by atoms with Crippen molar-refractivity contribution in [1.29, 1.82) is 0 Å². The number of pyridine rings is 1. The van der Waals surface area contributed by atoms with Crippen molar-refractivity contribution in [1.82, 2.24) is 4.98 Å². The van der Waals surface area contributed by atoms with E-state index < -0.39 is 23.5 Å². The number of amides is 1. The van der Waals surface area contributed by atoms with Gasteiger partial charge in [0.05, 0.1) is 35.3 Å². The monoisotopic (exact) mass is 471 g/mol. The number of aryl methyl sites for hydroxylation is 1. The van der Waals surface area contributed by atoms with Gasteiger partial charge in [-0.05, 0) is 67.8 Å². The number of halogens is 4. The molecule has 1 aromatic heterocycles. The number of benzene rings is 2. The summed E-state index contributed by atoms with van der Waals surface area (Å²) in [4.78, 5) is 21.2. The van der Waals surface area contributed by atoms with E-state index in [0.29, 0.717) is 22.8 Å². The SMILES string of the molecule is COc1ccc(N2CN(c3ccc(F)cc3C)c3cc(C(F)(F)F)ccc3C2=O)c(C2CC2)n1. The largest absolute Gasteiger partial charge is 0.481 e. The van der Waals surface area contributed by atoms with E-state index in [-0.39, 0.29) is 23.8 Å². The van der Waals surface area contributed by atoms with Crippen LogP contribution in [0.5, 0.6) is 5.88 Å². The van der Waals surface area contributed by atoms with Gasteiger partial charge in [-0.1, -0.05) is 0 Å². The molecule has 176 valence electrons. The molecule has 0 radical (unpaired) electrons. The van der Waals surface area contributed by atoms with Gasteiger partial charge in [0.25, 0.3) is 5.91 Å². The first-order chi connectivity index (χ1) is 16.2. The molecule has 1 amide bonds. The summed E-state index contributed by atoms with van der Waals surface area (Å²) in [6, 6.07) is 10.6. The number of hydrogen-bond acceptors (Lipinski definition) is 4. The Bertz CT molecular complexity index is 1290. The number of carbonyl (C=O) groups is 1. The van der Waals surface area contributed by atoms with Crippen LogP contribution in [0.15, 0.2) is 48.5 Å². The van der Waals surface area contributed by atoms with Crippen LogP contribution in [0.2, 0.25) is 0 Å². The van der Waals surface area contributed by atoms with E-state index in [9.17, 15) is 22.4 Å². The van der Waals surface area contributed by atoms with E-state index in [1.165, 1.54) is 36.3 Å². The van der Waals surface area contributed by atoms with Gasteiger partial charge in [0.2, 0.25) is 5.88 Å². The number of anilines is 3. The van der Waals surface area contributed by atoms with Crippen molar-refractivity contribution in [2.75, 3.05) is 23.6 Å². The van der Waals surface area contributed by atoms with Gasteiger partial charge in [-0.3, -0.25) is 9.69 Å². The number of ether oxygens (including phenoxy) is 1. The highest BCUT2D eigenvalue weighted by atomic mass is 19.4. The first kappa shape index (κ1) is 22.2. The normalized spacial score (nSPS) is 16.0. The number of nitrogens with zero attached hydrogens (tertiary/aromatic N) is 3. The Hall–Kier alpha value is -3.62. The molecule has 9 heteroatoms. The predicted molar refractivity (Wildman–Crippen MR) is 119 cm³/mol. The van der Waals surface area contributed by atoms with E-state index in [2.05, 4.69) is 4.98 Å². The quantitative estimate of drug-likeness (QED) is 0.426. The first-order valence-electron chi connectivity index (χ1n) is 10.8. The Balaban J connectivity index is 1.68. The fourth-order valence-corrected chi connectivity index (χ4v) is 4.30. The first-order valence-corrected chi connectivity index (χ1v) is 10.8. The molecule has 0 saturated heterocycles. The summed E-state index contributed by atoms with van der Waals surface area (Å²) in [6.07, 6.45) is -2.71. The molecule has 2 aromatic carbocycles. The molecule has 2 aliphatic rings. The van der Waals surface area contributed by atoms with E-state index in [1.54, 1.807) is 24.0 Å². The number of alkyl halides is 3. The number of rotatable bonds is 4. The average Bonchev–Trinajstić information content (AvgIpc) is 3.64. The highest BCUT2D eigenvalue weighted by Crippen LogP contribution is 2.46. The Morgan fingerprint density at radius 1 is 0.971 bits per heavy atom. The van der Waals surface area contributed by atoms with Crippen molar-refractivity contribution in [3.05, 3.63) is 76.7 Å². The second-order valence-electron chi connectivity index (χ2n) is 8.50. The lowest BCUT2D eigenvalue weighted by Crippen LogP contribution is -2.45. The summed E-state index contributed by atoms with van der Waals surface area (Å²) in [7, 11) is 1.51. The van der Waals surface area contributed by atoms with Crippen molar-refractivity contribution < 1.29 is 27.1 Å². The van der Waals surface area contributed by atoms with Gasteiger partial charge in [0, 0.05) is 17.7 Å². The van der Waals surface area contributed by atoms with Crippen LogP contribution in [-0.4, -0.2) is 24.7 Å². The molecule has 5 nitrogen and oxygen atoms in total. The molecular formula is C25H21F4N3O2. The summed E-state index contributed by atoms with van der Waals surface area (Å²) in [5, 5.41) is 0. The number of fused-ring (bicyclic) bond motifs is 1. The van der Waals surface area contributed by atoms with Crippen LogP contribution in [-0.2, 0) is 6.18 Å². The molecule has 0 N–H and O–H groups in total. The smallest absolute Gasteiger partial charge is 0.416 e. The van der Waals surface area contributed by atoms with Crippen LogP contribution >= 0.6 is 0 Å². The fourth-order valence-electron chi connectivity index (χ4n) is 4.30. The van der Waals surface area contributed by atoms with E-state index in [4.69, 9.17) is 4.74 Å². The van der Waals surface area contributed by atoms with E-state index >= 15 is 0 Å².